The molecule has 0 bridgehead atoms. The van der Waals surface area contributed by atoms with Crippen LogP contribution in [0.15, 0.2) is 12.1 Å². The summed E-state index contributed by atoms with van der Waals surface area (Å²) in [6.45, 7) is 9.81. The number of esters is 1. The summed E-state index contributed by atoms with van der Waals surface area (Å²) in [6, 6.07) is 3.63. The Morgan fingerprint density at radius 3 is 2.25 bits per heavy atom. The molecule has 0 radical (unpaired) electrons. The van der Waals surface area contributed by atoms with Crippen LogP contribution in [-0.2, 0) is 14.9 Å². The average Bonchev–Trinajstić information content (AvgIpc) is 2.36. The molecule has 0 atom stereocenters. The Bertz CT molecular complexity index is 524. The van der Waals surface area contributed by atoms with Crippen molar-refractivity contribution >= 4 is 11.8 Å². The average molecular weight is 278 g/mol. The maximum Gasteiger partial charge on any atom is 0.379 e. The first-order valence-corrected chi connectivity index (χ1v) is 6.63. The molecule has 0 aliphatic rings. The molecule has 0 aliphatic carbocycles. The van der Waals surface area contributed by atoms with Crippen LogP contribution in [0.25, 0.3) is 0 Å². The van der Waals surface area contributed by atoms with Crippen molar-refractivity contribution in [1.29, 1.82) is 0 Å². The molecular formula is C16H22O4. The summed E-state index contributed by atoms with van der Waals surface area (Å²) >= 11 is 0. The maximum absolute atomic E-state index is 12.2. The summed E-state index contributed by atoms with van der Waals surface area (Å²) in [4.78, 5) is 23.8. The molecule has 4 nitrogen and oxygen atoms in total. The van der Waals surface area contributed by atoms with Gasteiger partial charge in [0.2, 0.25) is 0 Å². The van der Waals surface area contributed by atoms with Crippen LogP contribution in [0.3, 0.4) is 0 Å². The van der Waals surface area contributed by atoms with E-state index in [0.29, 0.717) is 5.75 Å². The summed E-state index contributed by atoms with van der Waals surface area (Å²) in [5, 5.41) is 0. The van der Waals surface area contributed by atoms with E-state index in [4.69, 9.17) is 9.47 Å². The van der Waals surface area contributed by atoms with Gasteiger partial charge in [0.05, 0.1) is 19.3 Å². The van der Waals surface area contributed by atoms with Gasteiger partial charge in [-0.1, -0.05) is 26.8 Å². The van der Waals surface area contributed by atoms with Crippen molar-refractivity contribution in [2.24, 2.45) is 0 Å². The third-order valence-electron chi connectivity index (χ3n) is 2.95. The zero-order valence-electron chi connectivity index (χ0n) is 13.0. The molecule has 1 rings (SSSR count). The first kappa shape index (κ1) is 16.2. The van der Waals surface area contributed by atoms with E-state index in [1.165, 1.54) is 7.11 Å². The Labute approximate surface area is 120 Å². The van der Waals surface area contributed by atoms with Crippen molar-refractivity contribution in [3.05, 3.63) is 28.8 Å². The van der Waals surface area contributed by atoms with Gasteiger partial charge in [0.1, 0.15) is 5.75 Å². The van der Waals surface area contributed by atoms with Crippen LogP contribution in [-0.4, -0.2) is 25.5 Å². The Balaban J connectivity index is 3.43. The van der Waals surface area contributed by atoms with E-state index >= 15 is 0 Å². The minimum absolute atomic E-state index is 0.171. The first-order valence-electron chi connectivity index (χ1n) is 6.63. The molecule has 0 aliphatic heterocycles. The van der Waals surface area contributed by atoms with Gasteiger partial charge in [-0.2, -0.15) is 0 Å². The van der Waals surface area contributed by atoms with Gasteiger partial charge in [-0.3, -0.25) is 4.79 Å². The number of carbonyl (C=O) groups is 2. The van der Waals surface area contributed by atoms with Gasteiger partial charge in [-0.05, 0) is 30.9 Å². The van der Waals surface area contributed by atoms with E-state index in [9.17, 15) is 9.59 Å². The van der Waals surface area contributed by atoms with Gasteiger partial charge in [-0.25, -0.2) is 4.79 Å². The van der Waals surface area contributed by atoms with Crippen molar-refractivity contribution in [2.75, 3.05) is 13.7 Å². The lowest BCUT2D eigenvalue weighted by Crippen LogP contribution is -2.21. The number of Topliss-reactive ketones (excluding diaryl/α,β-unsaturated/α-hetero) is 1. The highest BCUT2D eigenvalue weighted by Gasteiger charge is 2.28. The number of ether oxygens (including phenoxy) is 2. The molecular weight excluding hydrogens is 256 g/mol. The minimum atomic E-state index is -0.851. The van der Waals surface area contributed by atoms with Gasteiger partial charge in [0, 0.05) is 5.56 Å². The van der Waals surface area contributed by atoms with E-state index in [1.54, 1.807) is 13.0 Å². The third-order valence-corrected chi connectivity index (χ3v) is 2.95. The molecule has 4 heteroatoms. The van der Waals surface area contributed by atoms with Crippen molar-refractivity contribution in [3.63, 3.8) is 0 Å². The molecule has 0 amide bonds. The molecule has 0 fully saturated rings. The van der Waals surface area contributed by atoms with Gasteiger partial charge in [0.15, 0.2) is 0 Å². The monoisotopic (exact) mass is 278 g/mol. The normalized spacial score (nSPS) is 11.1. The van der Waals surface area contributed by atoms with Crippen LogP contribution in [0.1, 0.15) is 49.2 Å². The van der Waals surface area contributed by atoms with E-state index in [-0.39, 0.29) is 17.6 Å². The molecule has 1 aromatic carbocycles. The predicted molar refractivity (Wildman–Crippen MR) is 77.4 cm³/mol. The Morgan fingerprint density at radius 1 is 1.20 bits per heavy atom. The summed E-state index contributed by atoms with van der Waals surface area (Å²) in [5.41, 5.74) is 1.87. The topological polar surface area (TPSA) is 52.6 Å². The Morgan fingerprint density at radius 2 is 1.80 bits per heavy atom. The second-order valence-electron chi connectivity index (χ2n) is 5.69. The highest BCUT2D eigenvalue weighted by atomic mass is 16.5. The fourth-order valence-corrected chi connectivity index (χ4v) is 2.03. The Hall–Kier alpha value is -1.84. The van der Waals surface area contributed by atoms with Crippen LogP contribution in [0.2, 0.25) is 0 Å². The number of hydrogen-bond acceptors (Lipinski definition) is 4. The fraction of sp³-hybridized carbons (Fsp3) is 0.500. The number of ketones is 1. The molecule has 1 aromatic rings. The van der Waals surface area contributed by atoms with Crippen LogP contribution in [0, 0.1) is 6.92 Å². The molecule has 110 valence electrons. The smallest absolute Gasteiger partial charge is 0.379 e. The van der Waals surface area contributed by atoms with Crippen molar-refractivity contribution in [1.82, 2.24) is 0 Å². The van der Waals surface area contributed by atoms with Crippen molar-refractivity contribution < 1.29 is 19.1 Å². The molecule has 20 heavy (non-hydrogen) atoms. The van der Waals surface area contributed by atoms with Crippen LogP contribution < -0.4 is 4.74 Å². The lowest BCUT2D eigenvalue weighted by atomic mass is 9.83. The summed E-state index contributed by atoms with van der Waals surface area (Å²) < 4.78 is 10.2. The molecule has 0 unspecified atom stereocenters. The van der Waals surface area contributed by atoms with Crippen molar-refractivity contribution in [2.45, 2.75) is 40.0 Å². The quantitative estimate of drug-likeness (QED) is 0.482. The molecule has 0 aromatic heterocycles. The van der Waals surface area contributed by atoms with E-state index in [1.807, 2.05) is 33.8 Å². The zero-order chi connectivity index (χ0) is 15.5. The van der Waals surface area contributed by atoms with E-state index < -0.39 is 11.8 Å². The van der Waals surface area contributed by atoms with Crippen LogP contribution >= 0.6 is 0 Å². The number of methoxy groups -OCH3 is 1. The van der Waals surface area contributed by atoms with E-state index in [2.05, 4.69) is 0 Å². The second-order valence-corrected chi connectivity index (χ2v) is 5.69. The fourth-order valence-electron chi connectivity index (χ4n) is 2.03. The second kappa shape index (κ2) is 6.07. The number of hydrogen-bond donors (Lipinski definition) is 0. The molecule has 0 saturated heterocycles. The molecule has 0 spiro atoms. The number of rotatable bonds is 4. The third kappa shape index (κ3) is 3.38. The SMILES string of the molecule is CCOC(=O)C(=O)c1cc(C)cc(C(C)(C)C)c1OC. The number of carbonyl (C=O) groups excluding carboxylic acids is 2. The van der Waals surface area contributed by atoms with Gasteiger partial charge in [-0.15, -0.1) is 0 Å². The summed E-state index contributed by atoms with van der Waals surface area (Å²) in [7, 11) is 1.50. The highest BCUT2D eigenvalue weighted by Crippen LogP contribution is 2.35. The lowest BCUT2D eigenvalue weighted by molar-refractivity contribution is -0.137. The van der Waals surface area contributed by atoms with E-state index in [0.717, 1.165) is 11.1 Å². The van der Waals surface area contributed by atoms with Gasteiger partial charge in [0.25, 0.3) is 5.78 Å². The zero-order valence-corrected chi connectivity index (χ0v) is 13.0. The number of benzene rings is 1. The first-order chi connectivity index (χ1) is 9.22. The van der Waals surface area contributed by atoms with Crippen LogP contribution in [0.5, 0.6) is 5.75 Å². The molecule has 0 N–H and O–H groups in total. The number of aryl methyl sites for hydroxylation is 1. The lowest BCUT2D eigenvalue weighted by Gasteiger charge is -2.24. The maximum atomic E-state index is 12.2. The largest absolute Gasteiger partial charge is 0.496 e. The van der Waals surface area contributed by atoms with Gasteiger partial charge >= 0.3 is 5.97 Å². The standard InChI is InChI=1S/C16H22O4/c1-7-20-15(18)13(17)11-8-10(2)9-12(14(11)19-6)16(3,4)5/h8-9H,7H2,1-6H3. The van der Waals surface area contributed by atoms with Crippen molar-refractivity contribution in [3.8, 4) is 5.75 Å². The Kier molecular flexibility index (Phi) is 4.93. The minimum Gasteiger partial charge on any atom is -0.496 e. The van der Waals surface area contributed by atoms with Gasteiger partial charge < -0.3 is 9.47 Å². The molecule has 0 heterocycles. The van der Waals surface area contributed by atoms with Crippen LogP contribution in [0.4, 0.5) is 0 Å². The summed E-state index contributed by atoms with van der Waals surface area (Å²) in [6.07, 6.45) is 0. The molecule has 0 saturated carbocycles. The highest BCUT2D eigenvalue weighted by molar-refractivity contribution is 6.41. The predicted octanol–water partition coefficient (Wildman–Crippen LogP) is 3.05. The summed E-state index contributed by atoms with van der Waals surface area (Å²) in [5.74, 6) is -1.07.